The first kappa shape index (κ1) is 12.2. The van der Waals surface area contributed by atoms with Crippen molar-refractivity contribution >= 4 is 0 Å². The van der Waals surface area contributed by atoms with Crippen molar-refractivity contribution in [2.24, 2.45) is 0 Å². The fourth-order valence-electron chi connectivity index (χ4n) is 2.43. The average molecular weight is 258 g/mol. The molecule has 1 aliphatic heterocycles. The molecule has 1 aliphatic rings. The van der Waals surface area contributed by atoms with Crippen molar-refractivity contribution in [1.29, 1.82) is 0 Å². The first-order valence-electron chi connectivity index (χ1n) is 6.32. The van der Waals surface area contributed by atoms with Crippen molar-refractivity contribution in [1.82, 2.24) is 0 Å². The molecular weight excluding hydrogens is 243 g/mol. The SMILES string of the molecule is CC(O)(c1ccc(F)cc1)c1ccc2c(c1)CCO2. The van der Waals surface area contributed by atoms with E-state index in [1.165, 1.54) is 12.1 Å². The lowest BCUT2D eigenvalue weighted by Gasteiger charge is -2.25. The van der Waals surface area contributed by atoms with Gasteiger partial charge in [0.25, 0.3) is 0 Å². The molecule has 3 heteroatoms. The van der Waals surface area contributed by atoms with Crippen LogP contribution in [0.4, 0.5) is 4.39 Å². The number of benzene rings is 2. The molecule has 2 nitrogen and oxygen atoms in total. The molecular formula is C16H15FO2. The summed E-state index contributed by atoms with van der Waals surface area (Å²) < 4.78 is 18.4. The van der Waals surface area contributed by atoms with Crippen LogP contribution in [-0.2, 0) is 12.0 Å². The van der Waals surface area contributed by atoms with Gasteiger partial charge in [-0.1, -0.05) is 18.2 Å². The van der Waals surface area contributed by atoms with Crippen LogP contribution in [0.5, 0.6) is 5.75 Å². The van der Waals surface area contributed by atoms with E-state index >= 15 is 0 Å². The summed E-state index contributed by atoms with van der Waals surface area (Å²) in [7, 11) is 0. The van der Waals surface area contributed by atoms with Gasteiger partial charge in [-0.05, 0) is 47.9 Å². The van der Waals surface area contributed by atoms with Crippen LogP contribution in [0.2, 0.25) is 0 Å². The van der Waals surface area contributed by atoms with Crippen molar-refractivity contribution in [2.45, 2.75) is 18.9 Å². The zero-order valence-electron chi connectivity index (χ0n) is 10.7. The molecule has 1 N–H and O–H groups in total. The largest absolute Gasteiger partial charge is 0.493 e. The van der Waals surface area contributed by atoms with E-state index in [1.54, 1.807) is 19.1 Å². The van der Waals surface area contributed by atoms with Crippen LogP contribution in [0, 0.1) is 5.82 Å². The van der Waals surface area contributed by atoms with E-state index in [4.69, 9.17) is 4.74 Å². The minimum absolute atomic E-state index is 0.304. The van der Waals surface area contributed by atoms with E-state index in [0.29, 0.717) is 12.2 Å². The Morgan fingerprint density at radius 3 is 2.53 bits per heavy atom. The summed E-state index contributed by atoms with van der Waals surface area (Å²) in [4.78, 5) is 0. The van der Waals surface area contributed by atoms with Crippen LogP contribution < -0.4 is 4.74 Å². The van der Waals surface area contributed by atoms with Gasteiger partial charge in [0.1, 0.15) is 17.2 Å². The molecule has 0 spiro atoms. The zero-order chi connectivity index (χ0) is 13.5. The van der Waals surface area contributed by atoms with E-state index in [1.807, 2.05) is 18.2 Å². The summed E-state index contributed by atoms with van der Waals surface area (Å²) in [5.41, 5.74) is 1.45. The van der Waals surface area contributed by atoms with Crippen molar-refractivity contribution < 1.29 is 14.2 Å². The molecule has 0 aliphatic carbocycles. The van der Waals surface area contributed by atoms with Crippen molar-refractivity contribution in [3.8, 4) is 5.75 Å². The molecule has 1 atom stereocenters. The summed E-state index contributed by atoms with van der Waals surface area (Å²) >= 11 is 0. The van der Waals surface area contributed by atoms with E-state index in [2.05, 4.69) is 0 Å². The summed E-state index contributed by atoms with van der Waals surface area (Å²) in [6.45, 7) is 2.41. The topological polar surface area (TPSA) is 29.5 Å². The molecule has 19 heavy (non-hydrogen) atoms. The van der Waals surface area contributed by atoms with Crippen LogP contribution in [-0.4, -0.2) is 11.7 Å². The molecule has 3 rings (SSSR count). The van der Waals surface area contributed by atoms with E-state index in [0.717, 1.165) is 23.3 Å². The van der Waals surface area contributed by atoms with Crippen LogP contribution in [0.25, 0.3) is 0 Å². The minimum Gasteiger partial charge on any atom is -0.493 e. The normalized spacial score (nSPS) is 16.6. The number of rotatable bonds is 2. The molecule has 0 aromatic heterocycles. The molecule has 0 saturated carbocycles. The highest BCUT2D eigenvalue weighted by molar-refractivity contribution is 5.44. The second kappa shape index (κ2) is 4.35. The Bertz CT molecular complexity index is 603. The van der Waals surface area contributed by atoms with Gasteiger partial charge in [-0.15, -0.1) is 0 Å². The molecule has 0 saturated heterocycles. The second-order valence-electron chi connectivity index (χ2n) is 5.00. The molecule has 1 heterocycles. The van der Waals surface area contributed by atoms with E-state index in [9.17, 15) is 9.50 Å². The Kier molecular flexibility index (Phi) is 2.79. The first-order valence-corrected chi connectivity index (χ1v) is 6.32. The Hall–Kier alpha value is -1.87. The van der Waals surface area contributed by atoms with Gasteiger partial charge in [-0.2, -0.15) is 0 Å². The van der Waals surface area contributed by atoms with Gasteiger partial charge >= 0.3 is 0 Å². The molecule has 2 aromatic rings. The Morgan fingerprint density at radius 1 is 1.11 bits per heavy atom. The standard InChI is InChI=1S/C16H15FO2/c1-16(18,12-2-5-14(17)6-3-12)13-4-7-15-11(10-13)8-9-19-15/h2-7,10,18H,8-9H2,1H3. The first-order chi connectivity index (χ1) is 9.07. The molecule has 1 unspecified atom stereocenters. The van der Waals surface area contributed by atoms with Crippen molar-refractivity contribution in [3.63, 3.8) is 0 Å². The number of hydrogen-bond acceptors (Lipinski definition) is 2. The van der Waals surface area contributed by atoms with Crippen LogP contribution in [0.3, 0.4) is 0 Å². The monoisotopic (exact) mass is 258 g/mol. The van der Waals surface area contributed by atoms with Gasteiger partial charge in [0.15, 0.2) is 0 Å². The Balaban J connectivity index is 2.02. The quantitative estimate of drug-likeness (QED) is 0.897. The number of hydrogen-bond donors (Lipinski definition) is 1. The van der Waals surface area contributed by atoms with Gasteiger partial charge < -0.3 is 9.84 Å². The number of halogens is 1. The van der Waals surface area contributed by atoms with Crippen LogP contribution in [0.1, 0.15) is 23.6 Å². The summed E-state index contributed by atoms with van der Waals surface area (Å²) in [6, 6.07) is 11.6. The molecule has 0 bridgehead atoms. The number of fused-ring (bicyclic) bond motifs is 1. The average Bonchev–Trinajstić information content (AvgIpc) is 2.86. The maximum absolute atomic E-state index is 13.0. The smallest absolute Gasteiger partial charge is 0.123 e. The van der Waals surface area contributed by atoms with Gasteiger partial charge in [0, 0.05) is 6.42 Å². The third kappa shape index (κ3) is 2.10. The Labute approximate surface area is 111 Å². The summed E-state index contributed by atoms with van der Waals surface area (Å²) in [6.07, 6.45) is 0.864. The van der Waals surface area contributed by atoms with Gasteiger partial charge in [0.05, 0.1) is 6.61 Å². The third-order valence-electron chi connectivity index (χ3n) is 3.66. The van der Waals surface area contributed by atoms with E-state index in [-0.39, 0.29) is 5.82 Å². The van der Waals surface area contributed by atoms with Gasteiger partial charge in [-0.25, -0.2) is 4.39 Å². The number of aliphatic hydroxyl groups is 1. The predicted octanol–water partition coefficient (Wildman–Crippen LogP) is 3.02. The highest BCUT2D eigenvalue weighted by Gasteiger charge is 2.27. The minimum atomic E-state index is -1.13. The highest BCUT2D eigenvalue weighted by Crippen LogP contribution is 2.34. The molecule has 98 valence electrons. The predicted molar refractivity (Wildman–Crippen MR) is 70.7 cm³/mol. The third-order valence-corrected chi connectivity index (χ3v) is 3.66. The molecule has 0 radical (unpaired) electrons. The fraction of sp³-hybridized carbons (Fsp3) is 0.250. The lowest BCUT2D eigenvalue weighted by atomic mass is 9.87. The molecule has 0 amide bonds. The fourth-order valence-corrected chi connectivity index (χ4v) is 2.43. The maximum atomic E-state index is 13.0. The second-order valence-corrected chi connectivity index (χ2v) is 5.00. The molecule has 2 aromatic carbocycles. The highest BCUT2D eigenvalue weighted by atomic mass is 19.1. The van der Waals surface area contributed by atoms with Crippen LogP contribution in [0.15, 0.2) is 42.5 Å². The lowest BCUT2D eigenvalue weighted by Crippen LogP contribution is -2.22. The number of ether oxygens (including phenoxy) is 1. The lowest BCUT2D eigenvalue weighted by molar-refractivity contribution is 0.102. The molecule has 0 fully saturated rings. The Morgan fingerprint density at radius 2 is 1.79 bits per heavy atom. The summed E-state index contributed by atoms with van der Waals surface area (Å²) in [5, 5.41) is 10.7. The van der Waals surface area contributed by atoms with Crippen molar-refractivity contribution in [2.75, 3.05) is 6.61 Å². The van der Waals surface area contributed by atoms with Gasteiger partial charge in [0.2, 0.25) is 0 Å². The van der Waals surface area contributed by atoms with Crippen LogP contribution >= 0.6 is 0 Å². The maximum Gasteiger partial charge on any atom is 0.123 e. The van der Waals surface area contributed by atoms with E-state index < -0.39 is 5.60 Å². The van der Waals surface area contributed by atoms with Crippen molar-refractivity contribution in [3.05, 3.63) is 65.0 Å². The summed E-state index contributed by atoms with van der Waals surface area (Å²) in [5.74, 6) is 0.584. The zero-order valence-corrected chi connectivity index (χ0v) is 10.7. The van der Waals surface area contributed by atoms with Gasteiger partial charge in [-0.3, -0.25) is 0 Å².